The first-order chi connectivity index (χ1) is 10.1. The topological polar surface area (TPSA) is 49.0 Å². The molecule has 1 N–H and O–H groups in total. The molecule has 0 amide bonds. The first-order valence-electron chi connectivity index (χ1n) is 7.22. The molecule has 2 unspecified atom stereocenters. The monoisotopic (exact) mass is 295 g/mol. The highest BCUT2D eigenvalue weighted by Crippen LogP contribution is 2.30. The van der Waals surface area contributed by atoms with E-state index < -0.39 is 0 Å². The highest BCUT2D eigenvalue weighted by atomic mass is 16.5. The molecular weight excluding hydrogens is 270 g/mol. The fraction of sp³-hybridized carbons (Fsp3) is 0.625. The van der Waals surface area contributed by atoms with Crippen LogP contribution in [0.25, 0.3) is 0 Å². The van der Waals surface area contributed by atoms with Gasteiger partial charge in [-0.3, -0.25) is 0 Å². The van der Waals surface area contributed by atoms with Gasteiger partial charge in [0.05, 0.1) is 20.8 Å². The van der Waals surface area contributed by atoms with Crippen molar-refractivity contribution in [2.24, 2.45) is 0 Å². The van der Waals surface area contributed by atoms with E-state index in [0.29, 0.717) is 6.61 Å². The summed E-state index contributed by atoms with van der Waals surface area (Å²) >= 11 is 0. The van der Waals surface area contributed by atoms with Crippen molar-refractivity contribution in [3.63, 3.8) is 0 Å². The van der Waals surface area contributed by atoms with Crippen molar-refractivity contribution in [2.75, 3.05) is 41.1 Å². The molecule has 1 aliphatic heterocycles. The standard InChI is InChI=1S/C16H25NO4/c1-12(17-10-16(20-4)7-8-21-11-16)13-5-6-14(18-2)15(9-13)19-3/h5-6,9,12,17H,7-8,10-11H2,1-4H3. The van der Waals surface area contributed by atoms with E-state index in [1.54, 1.807) is 21.3 Å². The highest BCUT2D eigenvalue weighted by molar-refractivity contribution is 5.43. The maximum absolute atomic E-state index is 5.63. The summed E-state index contributed by atoms with van der Waals surface area (Å²) in [5.41, 5.74) is 0.947. The van der Waals surface area contributed by atoms with Crippen molar-refractivity contribution in [1.29, 1.82) is 0 Å². The predicted molar refractivity (Wildman–Crippen MR) is 81.1 cm³/mol. The molecule has 0 spiro atoms. The van der Waals surface area contributed by atoms with E-state index in [9.17, 15) is 0 Å². The molecule has 0 aromatic heterocycles. The molecule has 21 heavy (non-hydrogen) atoms. The lowest BCUT2D eigenvalue weighted by molar-refractivity contribution is -0.0172. The van der Waals surface area contributed by atoms with E-state index in [0.717, 1.165) is 36.6 Å². The molecule has 2 atom stereocenters. The minimum atomic E-state index is -0.204. The number of ether oxygens (including phenoxy) is 4. The van der Waals surface area contributed by atoms with Gasteiger partial charge in [-0.25, -0.2) is 0 Å². The van der Waals surface area contributed by atoms with E-state index in [2.05, 4.69) is 12.2 Å². The number of rotatable bonds is 7. The Labute approximate surface area is 126 Å². The molecule has 0 radical (unpaired) electrons. The summed E-state index contributed by atoms with van der Waals surface area (Å²) in [4.78, 5) is 0. The van der Waals surface area contributed by atoms with E-state index in [-0.39, 0.29) is 11.6 Å². The molecule has 0 bridgehead atoms. The molecule has 1 aromatic carbocycles. The Morgan fingerprint density at radius 2 is 2.00 bits per heavy atom. The lowest BCUT2D eigenvalue weighted by Crippen LogP contribution is -2.43. The van der Waals surface area contributed by atoms with Gasteiger partial charge in [0, 0.05) is 32.7 Å². The molecule has 118 valence electrons. The number of benzene rings is 1. The fourth-order valence-electron chi connectivity index (χ4n) is 2.54. The van der Waals surface area contributed by atoms with Crippen LogP contribution in [0.1, 0.15) is 24.9 Å². The minimum Gasteiger partial charge on any atom is -0.493 e. The summed E-state index contributed by atoms with van der Waals surface area (Å²) in [6.07, 6.45) is 0.926. The third-order valence-corrected chi connectivity index (χ3v) is 4.14. The van der Waals surface area contributed by atoms with Crippen LogP contribution in [0.2, 0.25) is 0 Å². The molecular formula is C16H25NO4. The maximum atomic E-state index is 5.63. The normalized spacial score (nSPS) is 23.0. The van der Waals surface area contributed by atoms with E-state index >= 15 is 0 Å². The van der Waals surface area contributed by atoms with Gasteiger partial charge in [0.15, 0.2) is 11.5 Å². The summed E-state index contributed by atoms with van der Waals surface area (Å²) in [6.45, 7) is 4.30. The molecule has 5 heteroatoms. The summed E-state index contributed by atoms with van der Waals surface area (Å²) in [5, 5.41) is 3.52. The van der Waals surface area contributed by atoms with E-state index in [1.165, 1.54) is 0 Å². The van der Waals surface area contributed by atoms with E-state index in [4.69, 9.17) is 18.9 Å². The Bertz CT molecular complexity index is 458. The van der Waals surface area contributed by atoms with Crippen LogP contribution in [-0.2, 0) is 9.47 Å². The molecule has 1 saturated heterocycles. The van der Waals surface area contributed by atoms with Gasteiger partial charge >= 0.3 is 0 Å². The van der Waals surface area contributed by atoms with Gasteiger partial charge in [-0.15, -0.1) is 0 Å². The molecule has 1 aliphatic rings. The van der Waals surface area contributed by atoms with Gasteiger partial charge in [-0.1, -0.05) is 6.07 Å². The summed E-state index contributed by atoms with van der Waals surface area (Å²) in [5.74, 6) is 1.49. The zero-order valence-corrected chi connectivity index (χ0v) is 13.3. The van der Waals surface area contributed by atoms with Crippen LogP contribution in [0.4, 0.5) is 0 Å². The molecule has 1 heterocycles. The van der Waals surface area contributed by atoms with Crippen molar-refractivity contribution >= 4 is 0 Å². The Morgan fingerprint density at radius 1 is 1.24 bits per heavy atom. The lowest BCUT2D eigenvalue weighted by atomic mass is 10.0. The van der Waals surface area contributed by atoms with Crippen molar-refractivity contribution < 1.29 is 18.9 Å². The number of hydrogen-bond donors (Lipinski definition) is 1. The second-order valence-electron chi connectivity index (χ2n) is 5.41. The average molecular weight is 295 g/mol. The quantitative estimate of drug-likeness (QED) is 0.835. The van der Waals surface area contributed by atoms with Crippen LogP contribution in [0, 0.1) is 0 Å². The summed E-state index contributed by atoms with van der Waals surface area (Å²) in [6, 6.07) is 6.17. The van der Waals surface area contributed by atoms with Crippen molar-refractivity contribution in [1.82, 2.24) is 5.32 Å². The predicted octanol–water partition coefficient (Wildman–Crippen LogP) is 2.16. The first-order valence-corrected chi connectivity index (χ1v) is 7.22. The molecule has 2 rings (SSSR count). The van der Waals surface area contributed by atoms with Crippen LogP contribution in [-0.4, -0.2) is 46.7 Å². The van der Waals surface area contributed by atoms with E-state index in [1.807, 2.05) is 18.2 Å². The third kappa shape index (κ3) is 3.67. The average Bonchev–Trinajstić information content (AvgIpc) is 3.01. The van der Waals surface area contributed by atoms with Gasteiger partial charge in [0.25, 0.3) is 0 Å². The molecule has 5 nitrogen and oxygen atoms in total. The maximum Gasteiger partial charge on any atom is 0.161 e. The molecule has 1 fully saturated rings. The molecule has 0 aliphatic carbocycles. The van der Waals surface area contributed by atoms with Crippen LogP contribution in [0.3, 0.4) is 0 Å². The smallest absolute Gasteiger partial charge is 0.161 e. The van der Waals surface area contributed by atoms with Crippen LogP contribution >= 0.6 is 0 Å². The van der Waals surface area contributed by atoms with Gasteiger partial charge in [0.1, 0.15) is 5.60 Å². The van der Waals surface area contributed by atoms with Crippen LogP contribution < -0.4 is 14.8 Å². The SMILES string of the molecule is COc1ccc(C(C)NCC2(OC)CCOC2)cc1OC. The molecule has 1 aromatic rings. The van der Waals surface area contributed by atoms with Gasteiger partial charge in [0.2, 0.25) is 0 Å². The lowest BCUT2D eigenvalue weighted by Gasteiger charge is -2.28. The fourth-order valence-corrected chi connectivity index (χ4v) is 2.54. The zero-order valence-electron chi connectivity index (χ0n) is 13.3. The van der Waals surface area contributed by atoms with Crippen molar-refractivity contribution in [2.45, 2.75) is 25.0 Å². The van der Waals surface area contributed by atoms with Crippen molar-refractivity contribution in [3.05, 3.63) is 23.8 Å². The van der Waals surface area contributed by atoms with Crippen LogP contribution in [0.15, 0.2) is 18.2 Å². The van der Waals surface area contributed by atoms with Crippen LogP contribution in [0.5, 0.6) is 11.5 Å². The summed E-state index contributed by atoms with van der Waals surface area (Å²) in [7, 11) is 5.04. The number of hydrogen-bond acceptors (Lipinski definition) is 5. The Hall–Kier alpha value is -1.30. The van der Waals surface area contributed by atoms with Gasteiger partial charge < -0.3 is 24.3 Å². The summed E-state index contributed by atoms with van der Waals surface area (Å²) < 4.78 is 21.7. The Balaban J connectivity index is 2.01. The first kappa shape index (κ1) is 16.1. The van der Waals surface area contributed by atoms with Crippen molar-refractivity contribution in [3.8, 4) is 11.5 Å². The Kier molecular flexibility index (Phi) is 5.45. The van der Waals surface area contributed by atoms with Gasteiger partial charge in [-0.2, -0.15) is 0 Å². The molecule has 0 saturated carbocycles. The number of nitrogens with one attached hydrogen (secondary N) is 1. The minimum absolute atomic E-state index is 0.192. The zero-order chi connectivity index (χ0) is 15.3. The van der Waals surface area contributed by atoms with Gasteiger partial charge in [-0.05, 0) is 24.6 Å². The highest BCUT2D eigenvalue weighted by Gasteiger charge is 2.34. The second-order valence-corrected chi connectivity index (χ2v) is 5.41. The number of methoxy groups -OCH3 is 3. The third-order valence-electron chi connectivity index (χ3n) is 4.14. The Morgan fingerprint density at radius 3 is 2.57 bits per heavy atom. The second kappa shape index (κ2) is 7.11. The largest absolute Gasteiger partial charge is 0.493 e.